The highest BCUT2D eigenvalue weighted by atomic mass is 79.9. The fourth-order valence-electron chi connectivity index (χ4n) is 3.41. The predicted molar refractivity (Wildman–Crippen MR) is 114 cm³/mol. The van der Waals surface area contributed by atoms with E-state index in [9.17, 15) is 13.2 Å². The largest absolute Gasteiger partial charge is 0.350 e. The topological polar surface area (TPSA) is 75.3 Å². The number of amides is 1. The van der Waals surface area contributed by atoms with Crippen molar-refractivity contribution in [1.82, 2.24) is 10.0 Å². The molecule has 0 spiro atoms. The van der Waals surface area contributed by atoms with Gasteiger partial charge in [-0.1, -0.05) is 34.1 Å². The summed E-state index contributed by atoms with van der Waals surface area (Å²) in [5.74, 6) is -0.191. The molecule has 3 rings (SSSR count). The average molecular weight is 465 g/mol. The molecule has 0 fully saturated rings. The van der Waals surface area contributed by atoms with Gasteiger partial charge in [-0.2, -0.15) is 0 Å². The standard InChI is InChI=1S/C21H25BrN2O3S/c1-15(16-6-9-19(22)10-7-16)24-21(25)12-13-23-28(26,27)20-11-8-17-4-2-3-5-18(17)14-20/h6-11,14-15,23H,2-5,12-13H2,1H3,(H,24,25). The zero-order valence-corrected chi connectivity index (χ0v) is 18.3. The molecule has 1 aliphatic carbocycles. The predicted octanol–water partition coefficient (Wildman–Crippen LogP) is 3.87. The van der Waals surface area contributed by atoms with E-state index in [2.05, 4.69) is 26.0 Å². The zero-order valence-electron chi connectivity index (χ0n) is 15.9. The van der Waals surface area contributed by atoms with Crippen molar-refractivity contribution in [3.8, 4) is 0 Å². The van der Waals surface area contributed by atoms with Gasteiger partial charge in [0.25, 0.3) is 0 Å². The van der Waals surface area contributed by atoms with Gasteiger partial charge in [-0.05, 0) is 73.6 Å². The van der Waals surface area contributed by atoms with Crippen LogP contribution in [0.4, 0.5) is 0 Å². The van der Waals surface area contributed by atoms with E-state index >= 15 is 0 Å². The second kappa shape index (κ2) is 9.20. The van der Waals surface area contributed by atoms with Crippen LogP contribution < -0.4 is 10.0 Å². The van der Waals surface area contributed by atoms with Crippen molar-refractivity contribution in [2.75, 3.05) is 6.54 Å². The summed E-state index contributed by atoms with van der Waals surface area (Å²) in [7, 11) is -3.61. The van der Waals surface area contributed by atoms with Crippen molar-refractivity contribution in [3.63, 3.8) is 0 Å². The van der Waals surface area contributed by atoms with Crippen molar-refractivity contribution in [2.45, 2.75) is 50.0 Å². The van der Waals surface area contributed by atoms with Crippen molar-refractivity contribution >= 4 is 31.9 Å². The first-order valence-corrected chi connectivity index (χ1v) is 11.8. The summed E-state index contributed by atoms with van der Waals surface area (Å²) in [6.07, 6.45) is 4.28. The first-order valence-electron chi connectivity index (χ1n) is 9.51. The Kier molecular flexibility index (Phi) is 6.91. The molecule has 1 atom stereocenters. The maximum Gasteiger partial charge on any atom is 0.240 e. The van der Waals surface area contributed by atoms with E-state index in [1.54, 1.807) is 12.1 Å². The van der Waals surface area contributed by atoms with Crippen LogP contribution in [0.3, 0.4) is 0 Å². The third-order valence-corrected chi connectivity index (χ3v) is 7.01. The lowest BCUT2D eigenvalue weighted by Gasteiger charge is -2.17. The number of hydrogen-bond acceptors (Lipinski definition) is 3. The molecule has 0 heterocycles. The SMILES string of the molecule is CC(NC(=O)CCNS(=O)(=O)c1ccc2c(c1)CCCC2)c1ccc(Br)cc1. The molecule has 7 heteroatoms. The molecular weight excluding hydrogens is 440 g/mol. The lowest BCUT2D eigenvalue weighted by molar-refractivity contribution is -0.121. The number of hydrogen-bond donors (Lipinski definition) is 2. The van der Waals surface area contributed by atoms with Gasteiger partial charge in [0.15, 0.2) is 0 Å². The van der Waals surface area contributed by atoms with E-state index < -0.39 is 10.0 Å². The summed E-state index contributed by atoms with van der Waals surface area (Å²) < 4.78 is 28.6. The number of carbonyl (C=O) groups is 1. The lowest BCUT2D eigenvalue weighted by Crippen LogP contribution is -2.32. The van der Waals surface area contributed by atoms with E-state index in [-0.39, 0.29) is 29.8 Å². The number of carbonyl (C=O) groups excluding carboxylic acids is 1. The first kappa shape index (κ1) is 21.0. The average Bonchev–Trinajstić information content (AvgIpc) is 2.68. The van der Waals surface area contributed by atoms with Crippen LogP contribution in [-0.2, 0) is 27.7 Å². The Balaban J connectivity index is 1.52. The van der Waals surface area contributed by atoms with Crippen LogP contribution >= 0.6 is 15.9 Å². The highest BCUT2D eigenvalue weighted by molar-refractivity contribution is 9.10. The molecule has 28 heavy (non-hydrogen) atoms. The highest BCUT2D eigenvalue weighted by Gasteiger charge is 2.18. The number of sulfonamides is 1. The van der Waals surface area contributed by atoms with Gasteiger partial charge >= 0.3 is 0 Å². The van der Waals surface area contributed by atoms with Crippen molar-refractivity contribution < 1.29 is 13.2 Å². The molecule has 1 aliphatic rings. The third-order valence-electron chi connectivity index (χ3n) is 5.02. The Morgan fingerprint density at radius 2 is 1.75 bits per heavy atom. The summed E-state index contributed by atoms with van der Waals surface area (Å²) in [4.78, 5) is 12.4. The maximum atomic E-state index is 12.5. The molecule has 1 amide bonds. The van der Waals surface area contributed by atoms with Gasteiger partial charge in [0, 0.05) is 17.4 Å². The molecule has 0 saturated carbocycles. The van der Waals surface area contributed by atoms with E-state index in [1.807, 2.05) is 37.3 Å². The highest BCUT2D eigenvalue weighted by Crippen LogP contribution is 2.24. The van der Waals surface area contributed by atoms with E-state index in [0.29, 0.717) is 0 Å². The normalized spacial score (nSPS) is 14.9. The summed E-state index contributed by atoms with van der Waals surface area (Å²) in [5.41, 5.74) is 3.35. The Labute approximate surface area is 175 Å². The van der Waals surface area contributed by atoms with Gasteiger partial charge in [0.1, 0.15) is 0 Å². The molecule has 0 bridgehead atoms. The number of rotatable bonds is 7. The summed E-state index contributed by atoms with van der Waals surface area (Å²) in [6.45, 7) is 1.97. The quantitative estimate of drug-likeness (QED) is 0.652. The van der Waals surface area contributed by atoms with Crippen molar-refractivity contribution in [1.29, 1.82) is 0 Å². The van der Waals surface area contributed by atoms with Crippen molar-refractivity contribution in [2.24, 2.45) is 0 Å². The molecule has 0 saturated heterocycles. The van der Waals surface area contributed by atoms with Crippen LogP contribution in [0.15, 0.2) is 51.8 Å². The van der Waals surface area contributed by atoms with Crippen LogP contribution in [0.1, 0.15) is 48.9 Å². The van der Waals surface area contributed by atoms with Gasteiger partial charge in [0.2, 0.25) is 15.9 Å². The minimum Gasteiger partial charge on any atom is -0.350 e. The molecule has 150 valence electrons. The monoisotopic (exact) mass is 464 g/mol. The van der Waals surface area contributed by atoms with Crippen molar-refractivity contribution in [3.05, 3.63) is 63.6 Å². The number of halogens is 1. The van der Waals surface area contributed by atoms with Crippen LogP contribution in [0.5, 0.6) is 0 Å². The summed E-state index contributed by atoms with van der Waals surface area (Å²) in [6, 6.07) is 12.9. The van der Waals surface area contributed by atoms with Gasteiger partial charge < -0.3 is 5.32 Å². The first-order chi connectivity index (χ1) is 13.3. The molecule has 0 radical (unpaired) electrons. The van der Waals surface area contributed by atoms with E-state index in [0.717, 1.165) is 41.3 Å². The summed E-state index contributed by atoms with van der Waals surface area (Å²) >= 11 is 3.39. The fraction of sp³-hybridized carbons (Fsp3) is 0.381. The van der Waals surface area contributed by atoms with Crippen LogP contribution in [0.2, 0.25) is 0 Å². The number of benzene rings is 2. The van der Waals surface area contributed by atoms with Gasteiger partial charge in [-0.3, -0.25) is 4.79 Å². The lowest BCUT2D eigenvalue weighted by atomic mass is 9.92. The molecule has 2 N–H and O–H groups in total. The van der Waals surface area contributed by atoms with Gasteiger partial charge in [-0.25, -0.2) is 13.1 Å². The Bertz CT molecular complexity index is 943. The van der Waals surface area contributed by atoms with Crippen LogP contribution in [-0.4, -0.2) is 20.9 Å². The third kappa shape index (κ3) is 5.43. The maximum absolute atomic E-state index is 12.5. The number of nitrogens with one attached hydrogen (secondary N) is 2. The Morgan fingerprint density at radius 3 is 2.46 bits per heavy atom. The molecule has 2 aromatic carbocycles. The molecule has 0 aromatic heterocycles. The second-order valence-electron chi connectivity index (χ2n) is 7.13. The smallest absolute Gasteiger partial charge is 0.240 e. The zero-order chi connectivity index (χ0) is 20.1. The van der Waals surface area contributed by atoms with Gasteiger partial charge in [0.05, 0.1) is 10.9 Å². The molecule has 2 aromatic rings. The minimum atomic E-state index is -3.61. The summed E-state index contributed by atoms with van der Waals surface area (Å²) in [5, 5.41) is 2.89. The van der Waals surface area contributed by atoms with E-state index in [1.165, 1.54) is 5.56 Å². The molecule has 0 aliphatic heterocycles. The molecular formula is C21H25BrN2O3S. The fourth-order valence-corrected chi connectivity index (χ4v) is 4.75. The number of aryl methyl sites for hydroxylation is 2. The van der Waals surface area contributed by atoms with Crippen LogP contribution in [0.25, 0.3) is 0 Å². The number of fused-ring (bicyclic) bond motifs is 1. The Morgan fingerprint density at radius 1 is 1.07 bits per heavy atom. The van der Waals surface area contributed by atoms with E-state index in [4.69, 9.17) is 0 Å². The van der Waals surface area contributed by atoms with Crippen LogP contribution in [0, 0.1) is 0 Å². The molecule has 1 unspecified atom stereocenters. The molecule has 5 nitrogen and oxygen atoms in total. The second-order valence-corrected chi connectivity index (χ2v) is 9.81. The van der Waals surface area contributed by atoms with Gasteiger partial charge in [-0.15, -0.1) is 0 Å². The minimum absolute atomic E-state index is 0.0678. The Hall–Kier alpha value is -1.70.